The number of para-hydroxylation sites is 3. The summed E-state index contributed by atoms with van der Waals surface area (Å²) in [5.41, 5.74) is 2.96. The Morgan fingerprint density at radius 2 is 1.71 bits per heavy atom. The highest BCUT2D eigenvalue weighted by molar-refractivity contribution is 6.28. The summed E-state index contributed by atoms with van der Waals surface area (Å²) >= 11 is 6.09. The second kappa shape index (κ2) is 6.63. The van der Waals surface area contributed by atoms with E-state index in [1.165, 1.54) is 0 Å². The number of anilines is 3. The van der Waals surface area contributed by atoms with Gasteiger partial charge in [0.1, 0.15) is 5.82 Å². The summed E-state index contributed by atoms with van der Waals surface area (Å²) < 4.78 is 5.45. The maximum absolute atomic E-state index is 6.09. The van der Waals surface area contributed by atoms with E-state index in [1.54, 1.807) is 0 Å². The van der Waals surface area contributed by atoms with E-state index in [4.69, 9.17) is 16.3 Å². The molecule has 4 rings (SSSR count). The number of fused-ring (bicyclic) bond motifs is 1. The second-order valence-electron chi connectivity index (χ2n) is 5.60. The molecule has 1 aliphatic heterocycles. The van der Waals surface area contributed by atoms with Crippen LogP contribution in [0, 0.1) is 0 Å². The van der Waals surface area contributed by atoms with Gasteiger partial charge >= 0.3 is 0 Å². The van der Waals surface area contributed by atoms with E-state index >= 15 is 0 Å². The van der Waals surface area contributed by atoms with E-state index < -0.39 is 0 Å². The van der Waals surface area contributed by atoms with Crippen LogP contribution in [0.3, 0.4) is 0 Å². The predicted molar refractivity (Wildman–Crippen MR) is 97.3 cm³/mol. The van der Waals surface area contributed by atoms with Crippen LogP contribution in [0.5, 0.6) is 0 Å². The first kappa shape index (κ1) is 15.2. The fourth-order valence-electron chi connectivity index (χ4n) is 2.93. The number of aromatic nitrogens is 2. The van der Waals surface area contributed by atoms with Gasteiger partial charge in [0, 0.05) is 18.5 Å². The van der Waals surface area contributed by atoms with Gasteiger partial charge in [-0.05, 0) is 35.9 Å². The van der Waals surface area contributed by atoms with Crippen molar-refractivity contribution in [3.8, 4) is 0 Å². The Labute approximate surface area is 145 Å². The first-order valence-electron chi connectivity index (χ1n) is 7.92. The monoisotopic (exact) mass is 340 g/mol. The molecule has 0 bridgehead atoms. The van der Waals surface area contributed by atoms with Crippen LogP contribution in [0.1, 0.15) is 0 Å². The van der Waals surface area contributed by atoms with Crippen LogP contribution >= 0.6 is 11.6 Å². The van der Waals surface area contributed by atoms with Crippen LogP contribution in [0.25, 0.3) is 10.9 Å². The highest BCUT2D eigenvalue weighted by Crippen LogP contribution is 2.31. The number of hydrogen-bond acceptors (Lipinski definition) is 5. The minimum absolute atomic E-state index is 0.236. The van der Waals surface area contributed by atoms with Crippen LogP contribution in [-0.4, -0.2) is 36.3 Å². The molecule has 122 valence electrons. The maximum atomic E-state index is 6.09. The zero-order valence-electron chi connectivity index (χ0n) is 13.1. The summed E-state index contributed by atoms with van der Waals surface area (Å²) in [7, 11) is 0. The van der Waals surface area contributed by atoms with Gasteiger partial charge in [0.25, 0.3) is 0 Å². The molecule has 1 saturated heterocycles. The lowest BCUT2D eigenvalue weighted by atomic mass is 10.2. The molecule has 2 heterocycles. The third kappa shape index (κ3) is 3.00. The van der Waals surface area contributed by atoms with Crippen molar-refractivity contribution in [3.05, 3.63) is 53.8 Å². The third-order valence-electron chi connectivity index (χ3n) is 4.08. The minimum Gasteiger partial charge on any atom is -0.378 e. The molecule has 0 aliphatic carbocycles. The van der Waals surface area contributed by atoms with Crippen LogP contribution in [-0.2, 0) is 4.74 Å². The van der Waals surface area contributed by atoms with Gasteiger partial charge in [-0.1, -0.05) is 24.3 Å². The number of halogens is 1. The number of nitrogens with zero attached hydrogens (tertiary/aromatic N) is 3. The van der Waals surface area contributed by atoms with E-state index in [2.05, 4.69) is 32.3 Å². The number of morpholine rings is 1. The first-order valence-corrected chi connectivity index (χ1v) is 8.30. The highest BCUT2D eigenvalue weighted by Gasteiger charge is 2.15. The molecular weight excluding hydrogens is 324 g/mol. The quantitative estimate of drug-likeness (QED) is 0.734. The molecule has 1 N–H and O–H groups in total. The molecular formula is C18H17ClN4O. The van der Waals surface area contributed by atoms with Gasteiger partial charge in [0.15, 0.2) is 0 Å². The number of rotatable bonds is 3. The lowest BCUT2D eigenvalue weighted by Crippen LogP contribution is -2.36. The van der Waals surface area contributed by atoms with E-state index in [9.17, 15) is 0 Å². The molecule has 5 nitrogen and oxygen atoms in total. The average molecular weight is 341 g/mol. The summed E-state index contributed by atoms with van der Waals surface area (Å²) in [6.07, 6.45) is 0. The van der Waals surface area contributed by atoms with E-state index in [-0.39, 0.29) is 5.28 Å². The fraction of sp³-hybridized carbons (Fsp3) is 0.222. The van der Waals surface area contributed by atoms with Crippen LogP contribution in [0.2, 0.25) is 5.28 Å². The lowest BCUT2D eigenvalue weighted by molar-refractivity contribution is 0.123. The van der Waals surface area contributed by atoms with E-state index in [0.29, 0.717) is 5.82 Å². The van der Waals surface area contributed by atoms with Crippen molar-refractivity contribution in [2.75, 3.05) is 36.5 Å². The van der Waals surface area contributed by atoms with Gasteiger partial charge in [-0.3, -0.25) is 0 Å². The Morgan fingerprint density at radius 3 is 2.58 bits per heavy atom. The summed E-state index contributed by atoms with van der Waals surface area (Å²) in [5, 5.41) is 4.61. The predicted octanol–water partition coefficient (Wildman–Crippen LogP) is 3.86. The molecule has 0 saturated carbocycles. The number of ether oxygens (including phenoxy) is 1. The summed E-state index contributed by atoms with van der Waals surface area (Å²) in [6.45, 7) is 3.25. The van der Waals surface area contributed by atoms with Crippen molar-refractivity contribution in [2.24, 2.45) is 0 Å². The summed E-state index contributed by atoms with van der Waals surface area (Å²) in [4.78, 5) is 11.0. The minimum atomic E-state index is 0.236. The third-order valence-corrected chi connectivity index (χ3v) is 4.25. The Bertz CT molecular complexity index is 865. The molecule has 6 heteroatoms. The van der Waals surface area contributed by atoms with Crippen molar-refractivity contribution in [2.45, 2.75) is 0 Å². The van der Waals surface area contributed by atoms with E-state index in [0.717, 1.165) is 48.6 Å². The standard InChI is InChI=1S/C18H17ClN4O/c19-18-21-14-6-2-1-5-13(14)17(22-18)20-15-7-3-4-8-16(15)23-9-11-24-12-10-23/h1-8H,9-12H2,(H,20,21,22). The summed E-state index contributed by atoms with van der Waals surface area (Å²) in [5.74, 6) is 0.714. The zero-order chi connectivity index (χ0) is 16.4. The Morgan fingerprint density at radius 1 is 0.958 bits per heavy atom. The molecule has 0 radical (unpaired) electrons. The first-order chi connectivity index (χ1) is 11.8. The van der Waals surface area contributed by atoms with Crippen molar-refractivity contribution in [1.29, 1.82) is 0 Å². The Kier molecular flexibility index (Phi) is 4.19. The van der Waals surface area contributed by atoms with Gasteiger partial charge in [0.2, 0.25) is 5.28 Å². The van der Waals surface area contributed by atoms with Gasteiger partial charge in [-0.2, -0.15) is 4.98 Å². The fourth-order valence-corrected chi connectivity index (χ4v) is 3.11. The Balaban J connectivity index is 1.74. The Hall–Kier alpha value is -2.37. The smallest absolute Gasteiger partial charge is 0.224 e. The van der Waals surface area contributed by atoms with Crippen molar-refractivity contribution < 1.29 is 4.74 Å². The maximum Gasteiger partial charge on any atom is 0.224 e. The highest BCUT2D eigenvalue weighted by atomic mass is 35.5. The largest absolute Gasteiger partial charge is 0.378 e. The molecule has 2 aromatic carbocycles. The van der Waals surface area contributed by atoms with Crippen molar-refractivity contribution >= 4 is 39.7 Å². The van der Waals surface area contributed by atoms with Crippen LogP contribution in [0.4, 0.5) is 17.2 Å². The molecule has 3 aromatic rings. The molecule has 0 unspecified atom stereocenters. The summed E-state index contributed by atoms with van der Waals surface area (Å²) in [6, 6.07) is 16.1. The topological polar surface area (TPSA) is 50.3 Å². The van der Waals surface area contributed by atoms with Crippen LogP contribution < -0.4 is 10.2 Å². The molecule has 0 amide bonds. The normalized spacial score (nSPS) is 14.8. The van der Waals surface area contributed by atoms with Crippen LogP contribution in [0.15, 0.2) is 48.5 Å². The molecule has 24 heavy (non-hydrogen) atoms. The molecule has 1 aromatic heterocycles. The molecule has 1 aliphatic rings. The number of nitrogens with one attached hydrogen (secondary N) is 1. The SMILES string of the molecule is Clc1nc(Nc2ccccc2N2CCOCC2)c2ccccc2n1. The van der Waals surface area contributed by atoms with Gasteiger partial charge < -0.3 is 15.0 Å². The molecule has 1 fully saturated rings. The van der Waals surface area contributed by atoms with Crippen molar-refractivity contribution in [3.63, 3.8) is 0 Å². The number of hydrogen-bond donors (Lipinski definition) is 1. The van der Waals surface area contributed by atoms with Gasteiger partial charge in [-0.15, -0.1) is 0 Å². The zero-order valence-corrected chi connectivity index (χ0v) is 13.8. The average Bonchev–Trinajstić information content (AvgIpc) is 2.63. The van der Waals surface area contributed by atoms with Crippen molar-refractivity contribution in [1.82, 2.24) is 9.97 Å². The van der Waals surface area contributed by atoms with Gasteiger partial charge in [0.05, 0.1) is 30.1 Å². The molecule has 0 atom stereocenters. The van der Waals surface area contributed by atoms with Gasteiger partial charge in [-0.25, -0.2) is 4.98 Å². The van der Waals surface area contributed by atoms with E-state index in [1.807, 2.05) is 36.4 Å². The lowest BCUT2D eigenvalue weighted by Gasteiger charge is -2.30. The number of benzene rings is 2. The molecule has 0 spiro atoms. The second-order valence-corrected chi connectivity index (χ2v) is 5.94.